The fraction of sp³-hybridized carbons (Fsp3) is 0.897. The van der Waals surface area contributed by atoms with Gasteiger partial charge in [0.25, 0.3) is 0 Å². The topological polar surface area (TPSA) is 77.8 Å². The van der Waals surface area contributed by atoms with Crippen molar-refractivity contribution in [3.05, 3.63) is 12.2 Å². The first-order chi connectivity index (χ1) is 15.3. The predicted octanol–water partition coefficient (Wildman–Crippen LogP) is 5.67. The minimum absolute atomic E-state index is 0.0184. The molecule has 0 aromatic rings. The van der Waals surface area contributed by atoms with Crippen molar-refractivity contribution in [3.8, 4) is 0 Å². The number of hydrogen-bond donors (Lipinski definition) is 3. The highest BCUT2D eigenvalue weighted by Crippen LogP contribution is 2.76. The van der Waals surface area contributed by atoms with Gasteiger partial charge in [-0.2, -0.15) is 0 Å². The van der Waals surface area contributed by atoms with Crippen LogP contribution in [0, 0.1) is 57.2 Å². The number of carboxylic acids is 1. The van der Waals surface area contributed by atoms with Gasteiger partial charge in [-0.25, -0.2) is 0 Å². The van der Waals surface area contributed by atoms with Crippen LogP contribution in [0.15, 0.2) is 12.2 Å². The van der Waals surface area contributed by atoms with Crippen molar-refractivity contribution in [2.75, 3.05) is 0 Å². The molecule has 5 aliphatic rings. The van der Waals surface area contributed by atoms with Crippen LogP contribution in [0.25, 0.3) is 0 Å². The number of allylic oxidation sites excluding steroid dienone is 1. The molecule has 0 heterocycles. The van der Waals surface area contributed by atoms with E-state index >= 15 is 0 Å². The van der Waals surface area contributed by atoms with E-state index in [0.29, 0.717) is 5.92 Å². The van der Waals surface area contributed by atoms with Crippen LogP contribution in [0.4, 0.5) is 0 Å². The molecule has 0 saturated heterocycles. The van der Waals surface area contributed by atoms with E-state index in [0.717, 1.165) is 63.4 Å². The fourth-order valence-corrected chi connectivity index (χ4v) is 11.2. The molecule has 0 amide bonds. The Morgan fingerprint density at radius 3 is 2.21 bits per heavy atom. The first-order valence-electron chi connectivity index (χ1n) is 13.6. The van der Waals surface area contributed by atoms with E-state index in [4.69, 9.17) is 0 Å². The quantitative estimate of drug-likeness (QED) is 0.466. The number of fused-ring (bicyclic) bond motifs is 7. The van der Waals surface area contributed by atoms with Gasteiger partial charge in [-0.05, 0) is 116 Å². The van der Waals surface area contributed by atoms with E-state index in [-0.39, 0.29) is 51.9 Å². The van der Waals surface area contributed by atoms with Crippen molar-refractivity contribution in [1.29, 1.82) is 0 Å². The number of carbonyl (C=O) groups is 1. The Hall–Kier alpha value is -0.870. The monoisotopic (exact) mass is 458 g/mol. The Labute approximate surface area is 200 Å². The maximum atomic E-state index is 12.7. The number of aliphatic carboxylic acids is 1. The number of aliphatic hydroxyl groups is 2. The molecule has 0 spiro atoms. The largest absolute Gasteiger partial charge is 0.481 e. The zero-order valence-corrected chi connectivity index (χ0v) is 21.4. The maximum Gasteiger partial charge on any atom is 0.309 e. The summed E-state index contributed by atoms with van der Waals surface area (Å²) >= 11 is 0. The van der Waals surface area contributed by atoms with Crippen molar-refractivity contribution < 1.29 is 20.1 Å². The minimum atomic E-state index is -0.652. The predicted molar refractivity (Wildman–Crippen MR) is 129 cm³/mol. The lowest BCUT2D eigenvalue weighted by Crippen LogP contribution is -2.69. The molecule has 0 aliphatic heterocycles. The summed E-state index contributed by atoms with van der Waals surface area (Å²) in [5.74, 6) is 0.860. The molecule has 0 unspecified atom stereocenters. The molecule has 5 saturated carbocycles. The van der Waals surface area contributed by atoms with E-state index in [2.05, 4.69) is 41.2 Å². The summed E-state index contributed by atoms with van der Waals surface area (Å²) < 4.78 is 0. The molecule has 33 heavy (non-hydrogen) atoms. The molecule has 5 aliphatic carbocycles. The van der Waals surface area contributed by atoms with Crippen LogP contribution in [0.3, 0.4) is 0 Å². The van der Waals surface area contributed by atoms with Crippen LogP contribution in [-0.2, 0) is 4.79 Å². The van der Waals surface area contributed by atoms with E-state index in [9.17, 15) is 20.1 Å². The van der Waals surface area contributed by atoms with Crippen LogP contribution in [0.2, 0.25) is 0 Å². The van der Waals surface area contributed by atoms with Gasteiger partial charge in [0.1, 0.15) is 0 Å². The summed E-state index contributed by atoms with van der Waals surface area (Å²) in [7, 11) is 0. The molecule has 0 bridgehead atoms. The molecule has 3 N–H and O–H groups in total. The summed E-state index contributed by atoms with van der Waals surface area (Å²) in [6.07, 6.45) is 7.47. The van der Waals surface area contributed by atoms with Gasteiger partial charge in [0.15, 0.2) is 0 Å². The van der Waals surface area contributed by atoms with Gasteiger partial charge < -0.3 is 15.3 Å². The number of carboxylic acid groups (broad SMARTS) is 1. The highest BCUT2D eigenvalue weighted by atomic mass is 16.4. The highest BCUT2D eigenvalue weighted by molar-refractivity contribution is 5.76. The molecule has 5 fully saturated rings. The fourth-order valence-electron chi connectivity index (χ4n) is 11.2. The summed E-state index contributed by atoms with van der Waals surface area (Å²) in [6.45, 7) is 15.9. The highest BCUT2D eigenvalue weighted by Gasteiger charge is 2.73. The minimum Gasteiger partial charge on any atom is -0.481 e. The number of hydrogen-bond acceptors (Lipinski definition) is 3. The Bertz CT molecular complexity index is 853. The Kier molecular flexibility index (Phi) is 5.29. The molecule has 12 atom stereocenters. The lowest BCUT2D eigenvalue weighted by atomic mass is 9.32. The molecule has 5 rings (SSSR count). The zero-order valence-electron chi connectivity index (χ0n) is 21.4. The maximum absolute atomic E-state index is 12.7. The Morgan fingerprint density at radius 1 is 0.879 bits per heavy atom. The van der Waals surface area contributed by atoms with E-state index in [1.807, 2.05) is 0 Å². The summed E-state index contributed by atoms with van der Waals surface area (Å²) in [5, 5.41) is 33.0. The van der Waals surface area contributed by atoms with Gasteiger partial charge in [-0.15, -0.1) is 0 Å². The second-order valence-corrected chi connectivity index (χ2v) is 13.8. The third-order valence-corrected chi connectivity index (χ3v) is 13.0. The Balaban J connectivity index is 1.60. The van der Waals surface area contributed by atoms with E-state index in [1.165, 1.54) is 0 Å². The molecular formula is C29H46O4. The smallest absolute Gasteiger partial charge is 0.309 e. The normalized spacial score (nSPS) is 57.9. The molecule has 0 aromatic carbocycles. The second-order valence-electron chi connectivity index (χ2n) is 13.8. The second kappa shape index (κ2) is 7.32. The van der Waals surface area contributed by atoms with Crippen molar-refractivity contribution in [2.45, 2.75) is 105 Å². The third-order valence-electron chi connectivity index (χ3n) is 13.0. The van der Waals surface area contributed by atoms with Gasteiger partial charge in [-0.1, -0.05) is 39.8 Å². The third kappa shape index (κ3) is 2.80. The first-order valence-corrected chi connectivity index (χ1v) is 13.6. The van der Waals surface area contributed by atoms with Gasteiger partial charge >= 0.3 is 5.97 Å². The zero-order chi connectivity index (χ0) is 24.1. The average Bonchev–Trinajstić information content (AvgIpc) is 3.14. The van der Waals surface area contributed by atoms with Gasteiger partial charge in [0.2, 0.25) is 0 Å². The van der Waals surface area contributed by atoms with Crippen molar-refractivity contribution in [3.63, 3.8) is 0 Å². The van der Waals surface area contributed by atoms with Gasteiger partial charge in [0.05, 0.1) is 17.6 Å². The average molecular weight is 459 g/mol. The van der Waals surface area contributed by atoms with Crippen LogP contribution < -0.4 is 0 Å². The first kappa shape index (κ1) is 23.9. The molecule has 0 radical (unpaired) electrons. The number of rotatable bonds is 2. The summed E-state index contributed by atoms with van der Waals surface area (Å²) in [4.78, 5) is 12.7. The van der Waals surface area contributed by atoms with Crippen LogP contribution in [0.1, 0.15) is 92.4 Å². The molecule has 4 nitrogen and oxygen atoms in total. The van der Waals surface area contributed by atoms with Crippen LogP contribution in [0.5, 0.6) is 0 Å². The van der Waals surface area contributed by atoms with Crippen molar-refractivity contribution >= 4 is 5.97 Å². The summed E-state index contributed by atoms with van der Waals surface area (Å²) in [6, 6.07) is 0. The SMILES string of the molecule is C=C(C)[C@@H]1CC[C@]2(C(=O)O)CC[C@]3(C)[C@H](C[C@@H](O)[C@@H]4[C@@]5(C)CC[C@@H](O)[C@H](C)[C@@H]5CC[C@]43C)[C@@H]12. The summed E-state index contributed by atoms with van der Waals surface area (Å²) in [5.41, 5.74) is 0.506. The van der Waals surface area contributed by atoms with Crippen molar-refractivity contribution in [1.82, 2.24) is 0 Å². The van der Waals surface area contributed by atoms with Crippen LogP contribution >= 0.6 is 0 Å². The van der Waals surface area contributed by atoms with Gasteiger partial charge in [0, 0.05) is 0 Å². The molecule has 0 aromatic heterocycles. The van der Waals surface area contributed by atoms with Crippen molar-refractivity contribution in [2.24, 2.45) is 57.2 Å². The van der Waals surface area contributed by atoms with E-state index < -0.39 is 17.5 Å². The lowest BCUT2D eigenvalue weighted by molar-refractivity contribution is -0.267. The molecule has 186 valence electrons. The van der Waals surface area contributed by atoms with Gasteiger partial charge in [-0.3, -0.25) is 4.79 Å². The van der Waals surface area contributed by atoms with Crippen LogP contribution in [-0.4, -0.2) is 33.5 Å². The van der Waals surface area contributed by atoms with E-state index in [1.54, 1.807) is 0 Å². The standard InChI is InChI=1S/C29H46O4/c1-16(2)18-7-12-29(25(32)33)14-13-27(5)20(23(18)29)15-22(31)24-26(4)10-9-21(30)17(3)19(26)8-11-28(24,27)6/h17-24,30-31H,1,7-15H2,2-6H3,(H,32,33)/t17-,18+,19+,20-,21-,22-,23-,24-,26+,27-,28-,29+/m1/s1. The number of aliphatic hydroxyl groups excluding tert-OH is 2. The Morgan fingerprint density at radius 2 is 1.58 bits per heavy atom. The lowest BCUT2D eigenvalue weighted by Gasteiger charge is -2.72. The molecular weight excluding hydrogens is 412 g/mol. The molecule has 4 heteroatoms.